The fourth-order valence-corrected chi connectivity index (χ4v) is 2.98. The molecule has 140 valence electrons. The van der Waals surface area contributed by atoms with Gasteiger partial charge in [-0.05, 0) is 67.3 Å². The van der Waals surface area contributed by atoms with E-state index in [0.29, 0.717) is 33.6 Å². The number of fused-ring (bicyclic) bond motifs is 1. The van der Waals surface area contributed by atoms with Crippen molar-refractivity contribution in [1.82, 2.24) is 15.2 Å². The van der Waals surface area contributed by atoms with Gasteiger partial charge in [-0.25, -0.2) is 4.39 Å². The largest absolute Gasteiger partial charge is 0.322 e. The summed E-state index contributed by atoms with van der Waals surface area (Å²) in [5.74, 6) is -0.659. The highest BCUT2D eigenvalue weighted by atomic mass is 19.1. The normalized spacial score (nSPS) is 11.0. The number of H-pyrrole nitrogens is 2. The van der Waals surface area contributed by atoms with Crippen LogP contribution in [0.3, 0.4) is 0 Å². The van der Waals surface area contributed by atoms with Crippen molar-refractivity contribution in [3.63, 3.8) is 0 Å². The summed E-state index contributed by atoms with van der Waals surface area (Å²) in [5, 5.41) is 10.5. The maximum absolute atomic E-state index is 13.4. The van der Waals surface area contributed by atoms with E-state index in [0.717, 1.165) is 5.39 Å². The molecule has 0 saturated heterocycles. The Balaban J connectivity index is 1.58. The number of halogens is 1. The van der Waals surface area contributed by atoms with Crippen LogP contribution in [0.15, 0.2) is 53.3 Å². The molecule has 2 heterocycles. The van der Waals surface area contributed by atoms with Crippen molar-refractivity contribution >= 4 is 22.5 Å². The van der Waals surface area contributed by atoms with E-state index in [-0.39, 0.29) is 23.0 Å². The van der Waals surface area contributed by atoms with Crippen molar-refractivity contribution in [1.29, 1.82) is 0 Å². The smallest absolute Gasteiger partial charge is 0.273 e. The average molecular weight is 376 g/mol. The summed E-state index contributed by atoms with van der Waals surface area (Å²) in [4.78, 5) is 27.1. The zero-order chi connectivity index (χ0) is 19.8. The highest BCUT2D eigenvalue weighted by Gasteiger charge is 2.12. The molecule has 7 heteroatoms. The number of amides is 1. The first kappa shape index (κ1) is 17.7. The SMILES string of the molecule is Cc1cc(-c2cc(C(=O)Nc3ccc4cc(C)c(=O)[nH]c4c3)[nH]n2)ccc1F. The van der Waals surface area contributed by atoms with Gasteiger partial charge in [0.05, 0.1) is 11.2 Å². The molecule has 2 aromatic carbocycles. The first-order chi connectivity index (χ1) is 13.4. The van der Waals surface area contributed by atoms with E-state index < -0.39 is 0 Å². The third kappa shape index (κ3) is 3.29. The van der Waals surface area contributed by atoms with E-state index in [4.69, 9.17) is 0 Å². The zero-order valence-electron chi connectivity index (χ0n) is 15.3. The van der Waals surface area contributed by atoms with Crippen LogP contribution in [0.5, 0.6) is 0 Å². The second kappa shape index (κ2) is 6.77. The van der Waals surface area contributed by atoms with E-state index >= 15 is 0 Å². The Kier molecular flexibility index (Phi) is 4.27. The Bertz CT molecular complexity index is 1270. The first-order valence-electron chi connectivity index (χ1n) is 8.68. The zero-order valence-corrected chi connectivity index (χ0v) is 15.3. The Morgan fingerprint density at radius 2 is 1.86 bits per heavy atom. The van der Waals surface area contributed by atoms with Crippen LogP contribution in [-0.2, 0) is 0 Å². The molecule has 3 N–H and O–H groups in total. The molecule has 0 radical (unpaired) electrons. The molecule has 0 unspecified atom stereocenters. The lowest BCUT2D eigenvalue weighted by molar-refractivity contribution is 0.102. The number of hydrogen-bond donors (Lipinski definition) is 3. The molecule has 0 aliphatic rings. The van der Waals surface area contributed by atoms with Gasteiger partial charge in [0.1, 0.15) is 11.5 Å². The average Bonchev–Trinajstić information content (AvgIpc) is 3.15. The minimum atomic E-state index is -0.369. The molecule has 0 spiro atoms. The van der Waals surface area contributed by atoms with E-state index in [2.05, 4.69) is 20.5 Å². The number of hydrogen-bond acceptors (Lipinski definition) is 3. The number of anilines is 1. The van der Waals surface area contributed by atoms with Crippen molar-refractivity contribution in [3.8, 4) is 11.3 Å². The number of rotatable bonds is 3. The molecule has 4 aromatic rings. The lowest BCUT2D eigenvalue weighted by atomic mass is 10.1. The van der Waals surface area contributed by atoms with Crippen LogP contribution in [-0.4, -0.2) is 21.1 Å². The van der Waals surface area contributed by atoms with Gasteiger partial charge in [-0.1, -0.05) is 6.07 Å². The second-order valence-electron chi connectivity index (χ2n) is 6.67. The first-order valence-corrected chi connectivity index (χ1v) is 8.68. The van der Waals surface area contributed by atoms with Gasteiger partial charge in [-0.15, -0.1) is 0 Å². The standard InChI is InChI=1S/C21H17FN4O2/c1-11-7-14(4-6-16(11)22)18-10-19(26-25-18)21(28)23-15-5-3-13-8-12(2)20(27)24-17(13)9-15/h3-10H,1-2H3,(H,23,28)(H,24,27)(H,25,26). The van der Waals surface area contributed by atoms with Crippen LogP contribution >= 0.6 is 0 Å². The van der Waals surface area contributed by atoms with Gasteiger partial charge in [0.2, 0.25) is 0 Å². The predicted molar refractivity (Wildman–Crippen MR) is 106 cm³/mol. The number of aromatic amines is 2. The molecule has 4 rings (SSSR count). The highest BCUT2D eigenvalue weighted by Crippen LogP contribution is 2.22. The number of pyridine rings is 1. The lowest BCUT2D eigenvalue weighted by Gasteiger charge is -2.06. The summed E-state index contributed by atoms with van der Waals surface area (Å²) >= 11 is 0. The highest BCUT2D eigenvalue weighted by molar-refractivity contribution is 6.04. The number of nitrogens with zero attached hydrogens (tertiary/aromatic N) is 1. The Morgan fingerprint density at radius 1 is 1.04 bits per heavy atom. The van der Waals surface area contributed by atoms with Crippen LogP contribution < -0.4 is 10.9 Å². The number of aromatic nitrogens is 3. The minimum absolute atomic E-state index is 0.163. The van der Waals surface area contributed by atoms with Gasteiger partial charge in [0.25, 0.3) is 11.5 Å². The molecule has 28 heavy (non-hydrogen) atoms. The summed E-state index contributed by atoms with van der Waals surface area (Å²) in [6.07, 6.45) is 0. The van der Waals surface area contributed by atoms with E-state index in [1.807, 2.05) is 6.07 Å². The van der Waals surface area contributed by atoms with Crippen LogP contribution in [0.2, 0.25) is 0 Å². The second-order valence-corrected chi connectivity index (χ2v) is 6.67. The number of benzene rings is 2. The molecule has 0 atom stereocenters. The van der Waals surface area contributed by atoms with Gasteiger partial charge < -0.3 is 10.3 Å². The fraction of sp³-hybridized carbons (Fsp3) is 0.0952. The van der Waals surface area contributed by atoms with Gasteiger partial charge in [0.15, 0.2) is 0 Å². The van der Waals surface area contributed by atoms with Crippen molar-refractivity contribution in [3.05, 3.63) is 81.5 Å². The van der Waals surface area contributed by atoms with Gasteiger partial charge in [-0.3, -0.25) is 14.7 Å². The van der Waals surface area contributed by atoms with Crippen LogP contribution in [0.1, 0.15) is 21.6 Å². The van der Waals surface area contributed by atoms with Crippen LogP contribution in [0, 0.1) is 19.7 Å². The monoisotopic (exact) mass is 376 g/mol. The third-order valence-electron chi connectivity index (χ3n) is 4.57. The summed E-state index contributed by atoms with van der Waals surface area (Å²) < 4.78 is 13.4. The van der Waals surface area contributed by atoms with Crippen molar-refractivity contribution in [2.24, 2.45) is 0 Å². The summed E-state index contributed by atoms with van der Waals surface area (Å²) in [7, 11) is 0. The number of aryl methyl sites for hydroxylation is 2. The molecule has 6 nitrogen and oxygen atoms in total. The van der Waals surface area contributed by atoms with Gasteiger partial charge >= 0.3 is 0 Å². The molecule has 0 fully saturated rings. The number of carbonyl (C=O) groups excluding carboxylic acids is 1. The Hall–Kier alpha value is -3.74. The van der Waals surface area contributed by atoms with Gasteiger partial charge in [-0.2, -0.15) is 5.10 Å². The molecule has 0 saturated carbocycles. The predicted octanol–water partition coefficient (Wildman–Crippen LogP) is 3.93. The molecule has 0 aliphatic heterocycles. The minimum Gasteiger partial charge on any atom is -0.322 e. The lowest BCUT2D eigenvalue weighted by Crippen LogP contribution is -2.13. The van der Waals surface area contributed by atoms with Crippen LogP contribution in [0.4, 0.5) is 10.1 Å². The molecule has 0 aliphatic carbocycles. The fourth-order valence-electron chi connectivity index (χ4n) is 2.98. The molecule has 2 aromatic heterocycles. The van der Waals surface area contributed by atoms with E-state index in [1.54, 1.807) is 50.2 Å². The Labute approximate surface area is 159 Å². The Morgan fingerprint density at radius 3 is 2.64 bits per heavy atom. The van der Waals surface area contributed by atoms with Gasteiger partial charge in [0, 0.05) is 16.8 Å². The molecule has 0 bridgehead atoms. The summed E-state index contributed by atoms with van der Waals surface area (Å²) in [6, 6.07) is 13.4. The topological polar surface area (TPSA) is 90.6 Å². The summed E-state index contributed by atoms with van der Waals surface area (Å²) in [6.45, 7) is 3.41. The number of carbonyl (C=O) groups is 1. The van der Waals surface area contributed by atoms with Crippen LogP contribution in [0.25, 0.3) is 22.2 Å². The van der Waals surface area contributed by atoms with E-state index in [1.165, 1.54) is 6.07 Å². The van der Waals surface area contributed by atoms with Crippen molar-refractivity contribution in [2.75, 3.05) is 5.32 Å². The molecular formula is C21H17FN4O2. The maximum Gasteiger partial charge on any atom is 0.273 e. The molecule has 1 amide bonds. The maximum atomic E-state index is 13.4. The summed E-state index contributed by atoms with van der Waals surface area (Å²) in [5.41, 5.74) is 3.70. The van der Waals surface area contributed by atoms with Crippen molar-refractivity contribution < 1.29 is 9.18 Å². The van der Waals surface area contributed by atoms with Crippen molar-refractivity contribution in [2.45, 2.75) is 13.8 Å². The number of nitrogens with one attached hydrogen (secondary N) is 3. The van der Waals surface area contributed by atoms with E-state index in [9.17, 15) is 14.0 Å². The third-order valence-corrected chi connectivity index (χ3v) is 4.57. The molecular weight excluding hydrogens is 359 g/mol. The quantitative estimate of drug-likeness (QED) is 0.506.